The highest BCUT2D eigenvalue weighted by molar-refractivity contribution is 5.94. The number of hydrogen-bond acceptors (Lipinski definition) is 4. The molecule has 156 valence electrons. The average molecular weight is 405 g/mol. The minimum atomic E-state index is -0.122. The Hall–Kier alpha value is -3.47. The molecule has 0 bridgehead atoms. The van der Waals surface area contributed by atoms with E-state index in [1.54, 1.807) is 26.4 Å². The van der Waals surface area contributed by atoms with Crippen LogP contribution in [0, 0.1) is 6.92 Å². The molecule has 30 heavy (non-hydrogen) atoms. The second kappa shape index (κ2) is 10.3. The van der Waals surface area contributed by atoms with Crippen LogP contribution in [-0.2, 0) is 13.0 Å². The molecule has 0 atom stereocenters. The molecule has 5 nitrogen and oxygen atoms in total. The summed E-state index contributed by atoms with van der Waals surface area (Å²) in [5.74, 6) is 2.16. The standard InChI is InChI=1S/C25H27NO4/c1-18-4-9-23(10-5-18)30-17-21-16-20(8-13-24(21)29-3)25(27)26-15-14-19-6-11-22(28-2)12-7-19/h4-13,16H,14-15,17H2,1-3H3,(H,26,27). The van der Waals surface area contributed by atoms with Crippen molar-refractivity contribution in [3.8, 4) is 17.2 Å². The number of amides is 1. The highest BCUT2D eigenvalue weighted by Crippen LogP contribution is 2.22. The maximum absolute atomic E-state index is 12.6. The summed E-state index contributed by atoms with van der Waals surface area (Å²) >= 11 is 0. The minimum Gasteiger partial charge on any atom is -0.497 e. The summed E-state index contributed by atoms with van der Waals surface area (Å²) in [6.45, 7) is 2.90. The van der Waals surface area contributed by atoms with Crippen molar-refractivity contribution in [1.29, 1.82) is 0 Å². The van der Waals surface area contributed by atoms with E-state index < -0.39 is 0 Å². The lowest BCUT2D eigenvalue weighted by Gasteiger charge is -2.13. The van der Waals surface area contributed by atoms with Crippen molar-refractivity contribution < 1.29 is 19.0 Å². The van der Waals surface area contributed by atoms with E-state index in [4.69, 9.17) is 14.2 Å². The molecule has 0 unspecified atom stereocenters. The Kier molecular flexibility index (Phi) is 7.33. The molecule has 0 aliphatic carbocycles. The van der Waals surface area contributed by atoms with Gasteiger partial charge in [0.2, 0.25) is 0 Å². The number of carbonyl (C=O) groups excluding carboxylic acids is 1. The predicted octanol–water partition coefficient (Wildman–Crippen LogP) is 4.56. The van der Waals surface area contributed by atoms with Crippen LogP contribution in [0.4, 0.5) is 0 Å². The molecule has 5 heteroatoms. The molecule has 1 N–H and O–H groups in total. The fourth-order valence-electron chi connectivity index (χ4n) is 3.04. The van der Waals surface area contributed by atoms with Crippen molar-refractivity contribution in [1.82, 2.24) is 5.32 Å². The van der Waals surface area contributed by atoms with Crippen molar-refractivity contribution >= 4 is 5.91 Å². The van der Waals surface area contributed by atoms with E-state index in [1.165, 1.54) is 5.56 Å². The van der Waals surface area contributed by atoms with Gasteiger partial charge in [-0.2, -0.15) is 0 Å². The average Bonchev–Trinajstić information content (AvgIpc) is 2.79. The van der Waals surface area contributed by atoms with Crippen molar-refractivity contribution in [2.24, 2.45) is 0 Å². The number of ether oxygens (including phenoxy) is 3. The molecule has 0 aliphatic rings. The summed E-state index contributed by atoms with van der Waals surface area (Å²) in [6, 6.07) is 21.1. The molecule has 0 saturated carbocycles. The van der Waals surface area contributed by atoms with Crippen LogP contribution in [0.2, 0.25) is 0 Å². The van der Waals surface area contributed by atoms with Gasteiger partial charge in [0.05, 0.1) is 14.2 Å². The van der Waals surface area contributed by atoms with Gasteiger partial charge < -0.3 is 19.5 Å². The van der Waals surface area contributed by atoms with Crippen LogP contribution in [0.15, 0.2) is 66.7 Å². The van der Waals surface area contributed by atoms with E-state index in [0.717, 1.165) is 29.0 Å². The third-order valence-corrected chi connectivity index (χ3v) is 4.82. The first-order valence-corrected chi connectivity index (χ1v) is 9.86. The molecular weight excluding hydrogens is 378 g/mol. The van der Waals surface area contributed by atoms with Gasteiger partial charge in [-0.05, 0) is 61.4 Å². The Morgan fingerprint density at radius 1 is 0.867 bits per heavy atom. The van der Waals surface area contributed by atoms with E-state index in [9.17, 15) is 4.79 Å². The van der Waals surface area contributed by atoms with E-state index >= 15 is 0 Å². The van der Waals surface area contributed by atoms with Gasteiger partial charge in [-0.1, -0.05) is 29.8 Å². The first-order valence-electron chi connectivity index (χ1n) is 9.86. The van der Waals surface area contributed by atoms with Crippen molar-refractivity contribution in [2.45, 2.75) is 20.0 Å². The lowest BCUT2D eigenvalue weighted by atomic mass is 10.1. The van der Waals surface area contributed by atoms with Crippen LogP contribution in [0.3, 0.4) is 0 Å². The Morgan fingerprint density at radius 2 is 1.57 bits per heavy atom. The first-order chi connectivity index (χ1) is 14.6. The number of aryl methyl sites for hydroxylation is 1. The van der Waals surface area contributed by atoms with Gasteiger partial charge >= 0.3 is 0 Å². The zero-order chi connectivity index (χ0) is 21.3. The number of hydrogen-bond donors (Lipinski definition) is 1. The Bertz CT molecular complexity index is 965. The van der Waals surface area contributed by atoms with Gasteiger partial charge in [-0.15, -0.1) is 0 Å². The molecule has 0 heterocycles. The summed E-state index contributed by atoms with van der Waals surface area (Å²) in [5.41, 5.74) is 3.71. The lowest BCUT2D eigenvalue weighted by Crippen LogP contribution is -2.25. The smallest absolute Gasteiger partial charge is 0.251 e. The summed E-state index contributed by atoms with van der Waals surface area (Å²) in [7, 11) is 3.25. The van der Waals surface area contributed by atoms with Crippen molar-refractivity contribution in [3.05, 3.63) is 89.0 Å². The Labute approximate surface area is 177 Å². The topological polar surface area (TPSA) is 56.8 Å². The van der Waals surface area contributed by atoms with Crippen molar-refractivity contribution in [3.63, 3.8) is 0 Å². The van der Waals surface area contributed by atoms with Crippen LogP contribution in [-0.4, -0.2) is 26.7 Å². The van der Waals surface area contributed by atoms with Gasteiger partial charge in [-0.3, -0.25) is 4.79 Å². The number of methoxy groups -OCH3 is 2. The SMILES string of the molecule is COc1ccc(CCNC(=O)c2ccc(OC)c(COc3ccc(C)cc3)c2)cc1. The van der Waals surface area contributed by atoms with Crippen molar-refractivity contribution in [2.75, 3.05) is 20.8 Å². The highest BCUT2D eigenvalue weighted by Gasteiger charge is 2.11. The Balaban J connectivity index is 1.59. The first kappa shape index (κ1) is 21.2. The maximum atomic E-state index is 12.6. The molecule has 0 fully saturated rings. The normalized spacial score (nSPS) is 10.4. The lowest BCUT2D eigenvalue weighted by molar-refractivity contribution is 0.0954. The molecule has 3 aromatic carbocycles. The number of benzene rings is 3. The van der Waals surface area contributed by atoms with Gasteiger partial charge in [0.1, 0.15) is 23.9 Å². The van der Waals surface area contributed by atoms with Gasteiger partial charge in [0.25, 0.3) is 5.91 Å². The number of carbonyl (C=O) groups is 1. The zero-order valence-electron chi connectivity index (χ0n) is 17.6. The fraction of sp³-hybridized carbons (Fsp3) is 0.240. The number of rotatable bonds is 9. The van der Waals surface area contributed by atoms with E-state index in [2.05, 4.69) is 5.32 Å². The van der Waals surface area contributed by atoms with Gasteiger partial charge in [-0.25, -0.2) is 0 Å². The quantitative estimate of drug-likeness (QED) is 0.567. The highest BCUT2D eigenvalue weighted by atomic mass is 16.5. The summed E-state index contributed by atoms with van der Waals surface area (Å²) in [5, 5.41) is 2.97. The Morgan fingerprint density at radius 3 is 2.23 bits per heavy atom. The fourth-order valence-corrected chi connectivity index (χ4v) is 3.04. The molecule has 0 radical (unpaired) electrons. The van der Waals surface area contributed by atoms with Crippen LogP contribution >= 0.6 is 0 Å². The molecule has 0 aromatic heterocycles. The summed E-state index contributed by atoms with van der Waals surface area (Å²) in [4.78, 5) is 12.6. The van der Waals surface area contributed by atoms with E-state index in [0.29, 0.717) is 24.5 Å². The predicted molar refractivity (Wildman–Crippen MR) is 118 cm³/mol. The summed E-state index contributed by atoms with van der Waals surface area (Å²) < 4.78 is 16.4. The van der Waals surface area contributed by atoms with Crippen LogP contribution in [0.25, 0.3) is 0 Å². The third kappa shape index (κ3) is 5.77. The number of nitrogens with one attached hydrogen (secondary N) is 1. The summed E-state index contributed by atoms with van der Waals surface area (Å²) in [6.07, 6.45) is 0.745. The van der Waals surface area contributed by atoms with Crippen LogP contribution in [0.5, 0.6) is 17.2 Å². The molecule has 0 aliphatic heterocycles. The van der Waals surface area contributed by atoms with Crippen LogP contribution < -0.4 is 19.5 Å². The molecular formula is C25H27NO4. The molecule has 0 spiro atoms. The van der Waals surface area contributed by atoms with E-state index in [1.807, 2.05) is 61.5 Å². The third-order valence-electron chi connectivity index (χ3n) is 4.82. The monoisotopic (exact) mass is 405 g/mol. The minimum absolute atomic E-state index is 0.122. The van der Waals surface area contributed by atoms with Gasteiger partial charge in [0, 0.05) is 17.7 Å². The zero-order valence-corrected chi connectivity index (χ0v) is 17.6. The molecule has 3 aromatic rings. The largest absolute Gasteiger partial charge is 0.497 e. The molecule has 3 rings (SSSR count). The molecule has 1 amide bonds. The van der Waals surface area contributed by atoms with Crippen LogP contribution in [0.1, 0.15) is 27.0 Å². The maximum Gasteiger partial charge on any atom is 0.251 e. The van der Waals surface area contributed by atoms with Gasteiger partial charge in [0.15, 0.2) is 0 Å². The van der Waals surface area contributed by atoms with E-state index in [-0.39, 0.29) is 5.91 Å². The second-order valence-electron chi connectivity index (χ2n) is 6.98. The molecule has 0 saturated heterocycles. The second-order valence-corrected chi connectivity index (χ2v) is 6.98.